The van der Waals surface area contributed by atoms with Crippen molar-refractivity contribution in [2.75, 3.05) is 0 Å². The second kappa shape index (κ2) is 10.7. The lowest BCUT2D eigenvalue weighted by molar-refractivity contribution is -0.0893. The molecule has 0 amide bonds. The molecule has 5 nitrogen and oxygen atoms in total. The van der Waals surface area contributed by atoms with E-state index in [1.165, 1.54) is 24.3 Å². The number of hydrogen-bond acceptors (Lipinski definition) is 5. The summed E-state index contributed by atoms with van der Waals surface area (Å²) in [5.74, 6) is 0.991. The molecule has 0 fully saturated rings. The smallest absolute Gasteiger partial charge is 0.333 e. The molecule has 42 heavy (non-hydrogen) atoms. The molecule has 6 rings (SSSR count). The molecule has 5 aromatic carbocycles. The topological polar surface area (TPSA) is 68.1 Å². The highest BCUT2D eigenvalue weighted by Crippen LogP contribution is 2.30. The van der Waals surface area contributed by atoms with Crippen LogP contribution in [0.1, 0.15) is 27.7 Å². The predicted molar refractivity (Wildman–Crippen MR) is 168 cm³/mol. The Labute approximate surface area is 245 Å². The highest BCUT2D eigenvalue weighted by atomic mass is 19.1. The second-order valence-electron chi connectivity index (χ2n) is 11.4. The van der Waals surface area contributed by atoms with Gasteiger partial charge in [-0.3, -0.25) is 0 Å². The standard InChI is InChI=1S/C35H30BFN3O2/c1-34(2,41)35(3,4)42-36-29-21-26(17-19-30(29)37)33-39-31(23-11-6-5-7-12-23)38-32(40-33)25-16-18-28-24(20-25)15-14-22-10-8-9-13-27(22)28/h5-21,41H,1-4H3. The molecule has 0 spiro atoms. The minimum Gasteiger partial charge on any atom is -0.427 e. The first-order valence-electron chi connectivity index (χ1n) is 13.9. The average Bonchev–Trinajstić information content (AvgIpc) is 3.00. The van der Waals surface area contributed by atoms with Crippen LogP contribution >= 0.6 is 0 Å². The molecule has 207 valence electrons. The number of hydrogen-bond donors (Lipinski definition) is 1. The molecule has 1 heterocycles. The fourth-order valence-corrected chi connectivity index (χ4v) is 4.63. The van der Waals surface area contributed by atoms with Gasteiger partial charge in [0.25, 0.3) is 0 Å². The van der Waals surface area contributed by atoms with Crippen molar-refractivity contribution in [3.05, 3.63) is 109 Å². The van der Waals surface area contributed by atoms with Crippen LogP contribution in [-0.4, -0.2) is 38.7 Å². The van der Waals surface area contributed by atoms with Gasteiger partial charge in [-0.25, -0.2) is 19.3 Å². The Hall–Kier alpha value is -4.46. The lowest BCUT2D eigenvalue weighted by Crippen LogP contribution is -2.49. The summed E-state index contributed by atoms with van der Waals surface area (Å²) in [6.45, 7) is 6.81. The zero-order valence-corrected chi connectivity index (χ0v) is 24.0. The monoisotopic (exact) mass is 554 g/mol. The maximum atomic E-state index is 14.9. The molecule has 0 aliphatic carbocycles. The van der Waals surface area contributed by atoms with Gasteiger partial charge in [-0.2, -0.15) is 0 Å². The highest BCUT2D eigenvalue weighted by molar-refractivity contribution is 6.47. The van der Waals surface area contributed by atoms with Crippen molar-refractivity contribution in [2.45, 2.75) is 38.9 Å². The van der Waals surface area contributed by atoms with E-state index in [-0.39, 0.29) is 5.46 Å². The Morgan fingerprint density at radius 1 is 0.619 bits per heavy atom. The Morgan fingerprint density at radius 3 is 1.90 bits per heavy atom. The first-order chi connectivity index (χ1) is 20.1. The molecule has 7 heteroatoms. The van der Waals surface area contributed by atoms with E-state index in [1.807, 2.05) is 48.5 Å². The SMILES string of the molecule is CC(C)(O)C(C)(C)O[B]c1cc(-c2nc(-c3ccccc3)nc(-c3ccc4c(ccc5ccccc54)c3)n2)ccc1F. The third-order valence-corrected chi connectivity index (χ3v) is 7.88. The Balaban J connectivity index is 1.44. The molecule has 0 aliphatic heterocycles. The van der Waals surface area contributed by atoms with Crippen LogP contribution in [0.3, 0.4) is 0 Å². The molecule has 1 aromatic heterocycles. The highest BCUT2D eigenvalue weighted by Gasteiger charge is 2.36. The second-order valence-corrected chi connectivity index (χ2v) is 11.4. The summed E-state index contributed by atoms with van der Waals surface area (Å²) >= 11 is 0. The lowest BCUT2D eigenvalue weighted by atomic mass is 9.81. The van der Waals surface area contributed by atoms with E-state index < -0.39 is 17.0 Å². The number of aromatic nitrogens is 3. The summed E-state index contributed by atoms with van der Waals surface area (Å²) in [6.07, 6.45) is 0. The van der Waals surface area contributed by atoms with Gasteiger partial charge in [-0.1, -0.05) is 84.9 Å². The number of aliphatic hydroxyl groups is 1. The van der Waals surface area contributed by atoms with Crippen molar-refractivity contribution in [1.82, 2.24) is 15.0 Å². The van der Waals surface area contributed by atoms with Crippen molar-refractivity contribution < 1.29 is 14.2 Å². The summed E-state index contributed by atoms with van der Waals surface area (Å²) < 4.78 is 20.7. The van der Waals surface area contributed by atoms with Crippen LogP contribution in [0.25, 0.3) is 55.7 Å². The molecular formula is C35H30BFN3O2. The van der Waals surface area contributed by atoms with Crippen molar-refractivity contribution >= 4 is 34.5 Å². The normalized spacial score (nSPS) is 12.1. The fourth-order valence-electron chi connectivity index (χ4n) is 4.63. The van der Waals surface area contributed by atoms with Gasteiger partial charge in [0, 0.05) is 16.7 Å². The first kappa shape index (κ1) is 27.7. The summed E-state index contributed by atoms with van der Waals surface area (Å²) in [4.78, 5) is 14.5. The summed E-state index contributed by atoms with van der Waals surface area (Å²) in [7, 11) is 1.34. The van der Waals surface area contributed by atoms with Crippen LogP contribution in [0, 0.1) is 5.82 Å². The molecular weight excluding hydrogens is 524 g/mol. The maximum absolute atomic E-state index is 14.9. The number of benzene rings is 5. The predicted octanol–water partition coefficient (Wildman–Crippen LogP) is 7.13. The lowest BCUT2D eigenvalue weighted by Gasteiger charge is -2.37. The van der Waals surface area contributed by atoms with E-state index in [0.29, 0.717) is 23.0 Å². The maximum Gasteiger partial charge on any atom is 0.333 e. The average molecular weight is 554 g/mol. The van der Waals surface area contributed by atoms with Crippen LogP contribution in [0.4, 0.5) is 4.39 Å². The van der Waals surface area contributed by atoms with E-state index in [2.05, 4.69) is 36.4 Å². The van der Waals surface area contributed by atoms with Crippen LogP contribution < -0.4 is 5.46 Å². The van der Waals surface area contributed by atoms with Crippen molar-refractivity contribution in [1.29, 1.82) is 0 Å². The number of halogens is 1. The van der Waals surface area contributed by atoms with E-state index >= 15 is 0 Å². The van der Waals surface area contributed by atoms with E-state index in [0.717, 1.165) is 21.9 Å². The zero-order valence-electron chi connectivity index (χ0n) is 24.0. The van der Waals surface area contributed by atoms with Gasteiger partial charge in [-0.15, -0.1) is 0 Å². The third kappa shape index (κ3) is 5.41. The van der Waals surface area contributed by atoms with Gasteiger partial charge < -0.3 is 9.76 Å². The Bertz CT molecular complexity index is 1920. The number of fused-ring (bicyclic) bond motifs is 3. The largest absolute Gasteiger partial charge is 0.427 e. The fraction of sp³-hybridized carbons (Fsp3) is 0.171. The van der Waals surface area contributed by atoms with Gasteiger partial charge in [0.15, 0.2) is 17.5 Å². The minimum absolute atomic E-state index is 0.227. The molecule has 0 bridgehead atoms. The molecule has 0 unspecified atom stereocenters. The molecule has 1 N–H and O–H groups in total. The van der Waals surface area contributed by atoms with Crippen LogP contribution in [0.5, 0.6) is 0 Å². The van der Waals surface area contributed by atoms with Crippen molar-refractivity contribution in [2.24, 2.45) is 0 Å². The third-order valence-electron chi connectivity index (χ3n) is 7.88. The van der Waals surface area contributed by atoms with E-state index in [4.69, 9.17) is 19.6 Å². The Kier molecular flexibility index (Phi) is 7.09. The van der Waals surface area contributed by atoms with Gasteiger partial charge >= 0.3 is 7.48 Å². The quantitative estimate of drug-likeness (QED) is 0.168. The summed E-state index contributed by atoms with van der Waals surface area (Å²) in [5.41, 5.74) is 0.446. The van der Waals surface area contributed by atoms with Crippen LogP contribution in [0.2, 0.25) is 0 Å². The van der Waals surface area contributed by atoms with Crippen molar-refractivity contribution in [3.8, 4) is 34.2 Å². The van der Waals surface area contributed by atoms with Gasteiger partial charge in [0.05, 0.1) is 11.2 Å². The summed E-state index contributed by atoms with van der Waals surface area (Å²) in [5, 5.41) is 15.1. The van der Waals surface area contributed by atoms with Crippen molar-refractivity contribution in [3.63, 3.8) is 0 Å². The minimum atomic E-state index is -1.14. The molecule has 6 aromatic rings. The van der Waals surface area contributed by atoms with Gasteiger partial charge in [0.1, 0.15) is 5.82 Å². The molecule has 0 aliphatic rings. The molecule has 0 saturated heterocycles. The Morgan fingerprint density at radius 2 is 1.19 bits per heavy atom. The van der Waals surface area contributed by atoms with Gasteiger partial charge in [-0.05, 0) is 72.9 Å². The molecule has 0 saturated carbocycles. The van der Waals surface area contributed by atoms with Gasteiger partial charge in [0.2, 0.25) is 0 Å². The molecule has 1 radical (unpaired) electrons. The first-order valence-corrected chi connectivity index (χ1v) is 13.9. The number of nitrogens with zero attached hydrogens (tertiary/aromatic N) is 3. The summed E-state index contributed by atoms with van der Waals surface area (Å²) in [6, 6.07) is 33.2. The molecule has 0 atom stereocenters. The van der Waals surface area contributed by atoms with E-state index in [9.17, 15) is 9.50 Å². The zero-order chi connectivity index (χ0) is 29.5. The number of rotatable bonds is 7. The van der Waals surface area contributed by atoms with E-state index in [1.54, 1.807) is 39.8 Å². The van der Waals surface area contributed by atoms with Crippen LogP contribution in [-0.2, 0) is 4.65 Å². The van der Waals surface area contributed by atoms with Crippen LogP contribution in [0.15, 0.2) is 103 Å².